The van der Waals surface area contributed by atoms with Crippen molar-refractivity contribution in [2.24, 2.45) is 0 Å². The van der Waals surface area contributed by atoms with Gasteiger partial charge in [0.05, 0.1) is 31.9 Å². The molecule has 0 aliphatic carbocycles. The van der Waals surface area contributed by atoms with Gasteiger partial charge in [-0.3, -0.25) is 9.69 Å². The molecule has 140 valence electrons. The van der Waals surface area contributed by atoms with Gasteiger partial charge in [0.1, 0.15) is 11.6 Å². The van der Waals surface area contributed by atoms with Crippen LogP contribution in [0, 0.1) is 5.82 Å². The number of benzene rings is 2. The third kappa shape index (κ3) is 3.77. The highest BCUT2D eigenvalue weighted by Gasteiger charge is 2.33. The Kier molecular flexibility index (Phi) is 5.67. The predicted molar refractivity (Wildman–Crippen MR) is 108 cm³/mol. The van der Waals surface area contributed by atoms with Crippen molar-refractivity contribution in [1.29, 1.82) is 0 Å². The van der Waals surface area contributed by atoms with Crippen LogP contribution in [0.1, 0.15) is 5.56 Å². The van der Waals surface area contributed by atoms with E-state index in [-0.39, 0.29) is 11.7 Å². The minimum absolute atomic E-state index is 0.284. The van der Waals surface area contributed by atoms with E-state index in [4.69, 9.17) is 26.4 Å². The molecule has 0 unspecified atom stereocenters. The van der Waals surface area contributed by atoms with Crippen LogP contribution in [0.3, 0.4) is 0 Å². The highest BCUT2D eigenvalue weighted by atomic mass is 32.2. The highest BCUT2D eigenvalue weighted by Crippen LogP contribution is 2.40. The van der Waals surface area contributed by atoms with Gasteiger partial charge < -0.3 is 14.2 Å². The van der Waals surface area contributed by atoms with Crippen molar-refractivity contribution in [1.82, 2.24) is 0 Å². The second-order valence-corrected chi connectivity index (χ2v) is 7.12. The van der Waals surface area contributed by atoms with Crippen molar-refractivity contribution in [3.63, 3.8) is 0 Å². The second kappa shape index (κ2) is 7.98. The third-order valence-corrected chi connectivity index (χ3v) is 5.20. The Morgan fingerprint density at radius 3 is 2.19 bits per heavy atom. The Bertz CT molecular complexity index is 928. The van der Waals surface area contributed by atoms with Gasteiger partial charge >= 0.3 is 0 Å². The van der Waals surface area contributed by atoms with Crippen molar-refractivity contribution in [3.8, 4) is 17.2 Å². The van der Waals surface area contributed by atoms with Gasteiger partial charge in [-0.05, 0) is 36.4 Å². The zero-order valence-corrected chi connectivity index (χ0v) is 16.4. The first kappa shape index (κ1) is 19.2. The van der Waals surface area contributed by atoms with E-state index in [1.165, 1.54) is 62.3 Å². The quantitative estimate of drug-likeness (QED) is 0.547. The number of nitrogens with zero attached hydrogens (tertiary/aromatic N) is 1. The molecule has 0 N–H and O–H groups in total. The average molecular weight is 405 g/mol. The Morgan fingerprint density at radius 1 is 1.00 bits per heavy atom. The number of thiocarbonyl (C=S) groups is 1. The number of thioether (sulfide) groups is 1. The molecular formula is C19H16FNO4S2. The van der Waals surface area contributed by atoms with Gasteiger partial charge in [-0.1, -0.05) is 24.0 Å². The van der Waals surface area contributed by atoms with Crippen molar-refractivity contribution in [2.75, 3.05) is 26.2 Å². The van der Waals surface area contributed by atoms with Crippen LogP contribution in [0.2, 0.25) is 0 Å². The molecule has 2 aromatic rings. The van der Waals surface area contributed by atoms with Gasteiger partial charge in [-0.15, -0.1) is 0 Å². The van der Waals surface area contributed by atoms with E-state index in [1.807, 2.05) is 0 Å². The molecule has 0 radical (unpaired) electrons. The van der Waals surface area contributed by atoms with Crippen LogP contribution in [0.4, 0.5) is 10.1 Å². The van der Waals surface area contributed by atoms with Crippen LogP contribution in [-0.4, -0.2) is 31.6 Å². The van der Waals surface area contributed by atoms with E-state index in [0.717, 1.165) is 0 Å². The normalized spacial score (nSPS) is 15.4. The standard InChI is InChI=1S/C19H16FNO4S2/c1-23-14-10-16(25-3)15(24-2)8-11(14)9-17-18(22)21(19(26)27-17)13-6-4-12(20)5-7-13/h4-10H,1-3H3. The summed E-state index contributed by atoms with van der Waals surface area (Å²) in [5.41, 5.74) is 1.16. The molecule has 2 aromatic carbocycles. The van der Waals surface area contributed by atoms with E-state index < -0.39 is 0 Å². The first-order valence-corrected chi connectivity index (χ1v) is 9.04. The molecule has 1 aliphatic rings. The summed E-state index contributed by atoms with van der Waals surface area (Å²) >= 11 is 6.50. The molecule has 0 spiro atoms. The van der Waals surface area contributed by atoms with Crippen LogP contribution >= 0.6 is 24.0 Å². The number of carbonyl (C=O) groups excluding carboxylic acids is 1. The van der Waals surface area contributed by atoms with Gasteiger partial charge in [0, 0.05) is 11.6 Å². The molecule has 0 bridgehead atoms. The van der Waals surface area contributed by atoms with Crippen molar-refractivity contribution < 1.29 is 23.4 Å². The summed E-state index contributed by atoms with van der Waals surface area (Å²) in [6.45, 7) is 0. The third-order valence-electron chi connectivity index (χ3n) is 3.90. The number of anilines is 1. The van der Waals surface area contributed by atoms with Gasteiger partial charge in [0.25, 0.3) is 5.91 Å². The lowest BCUT2D eigenvalue weighted by Crippen LogP contribution is -2.27. The van der Waals surface area contributed by atoms with Gasteiger partial charge in [-0.2, -0.15) is 0 Å². The van der Waals surface area contributed by atoms with Crippen molar-refractivity contribution >= 4 is 46.0 Å². The Hall–Kier alpha value is -2.58. The maximum absolute atomic E-state index is 13.2. The summed E-state index contributed by atoms with van der Waals surface area (Å²) in [4.78, 5) is 14.6. The number of ether oxygens (including phenoxy) is 3. The maximum atomic E-state index is 13.2. The number of halogens is 1. The van der Waals surface area contributed by atoms with Gasteiger partial charge in [-0.25, -0.2) is 4.39 Å². The van der Waals surface area contributed by atoms with E-state index in [2.05, 4.69) is 0 Å². The van der Waals surface area contributed by atoms with Crippen LogP contribution in [0.25, 0.3) is 6.08 Å². The fraction of sp³-hybridized carbons (Fsp3) is 0.158. The lowest BCUT2D eigenvalue weighted by atomic mass is 10.1. The van der Waals surface area contributed by atoms with Gasteiger partial charge in [0.2, 0.25) is 0 Å². The molecule has 3 rings (SSSR count). The highest BCUT2D eigenvalue weighted by molar-refractivity contribution is 8.27. The lowest BCUT2D eigenvalue weighted by Gasteiger charge is -2.14. The summed E-state index contributed by atoms with van der Waals surface area (Å²) in [6, 6.07) is 9.01. The number of methoxy groups -OCH3 is 3. The summed E-state index contributed by atoms with van der Waals surface area (Å²) in [5, 5.41) is 0. The SMILES string of the molecule is COc1cc(OC)c(OC)cc1C=C1SC(=S)N(c2ccc(F)cc2)C1=O. The predicted octanol–water partition coefficient (Wildman–Crippen LogP) is 4.26. The number of rotatable bonds is 5. The molecule has 1 fully saturated rings. The lowest BCUT2D eigenvalue weighted by molar-refractivity contribution is -0.113. The second-order valence-electron chi connectivity index (χ2n) is 5.44. The first-order chi connectivity index (χ1) is 13.0. The molecule has 0 saturated carbocycles. The van der Waals surface area contributed by atoms with Crippen LogP contribution in [-0.2, 0) is 4.79 Å². The summed E-state index contributed by atoms with van der Waals surface area (Å²) in [5.74, 6) is 0.895. The first-order valence-electron chi connectivity index (χ1n) is 7.82. The van der Waals surface area contributed by atoms with Crippen LogP contribution < -0.4 is 19.1 Å². The molecule has 1 aliphatic heterocycles. The molecule has 27 heavy (non-hydrogen) atoms. The molecule has 1 amide bonds. The largest absolute Gasteiger partial charge is 0.496 e. The monoisotopic (exact) mass is 405 g/mol. The van der Waals surface area contributed by atoms with E-state index in [9.17, 15) is 9.18 Å². The zero-order chi connectivity index (χ0) is 19.6. The zero-order valence-electron chi connectivity index (χ0n) is 14.8. The molecule has 8 heteroatoms. The fourth-order valence-corrected chi connectivity index (χ4v) is 3.88. The Balaban J connectivity index is 1.99. The molecule has 1 saturated heterocycles. The summed E-state index contributed by atoms with van der Waals surface area (Å²) in [7, 11) is 4.59. The van der Waals surface area contributed by atoms with E-state index in [1.54, 1.807) is 18.2 Å². The number of hydrogen-bond acceptors (Lipinski definition) is 6. The van der Waals surface area contributed by atoms with Crippen molar-refractivity contribution in [3.05, 3.63) is 52.7 Å². The minimum atomic E-state index is -0.380. The number of carbonyl (C=O) groups is 1. The maximum Gasteiger partial charge on any atom is 0.270 e. The van der Waals surface area contributed by atoms with Crippen molar-refractivity contribution in [2.45, 2.75) is 0 Å². The van der Waals surface area contributed by atoms with Crippen LogP contribution in [0.15, 0.2) is 41.3 Å². The minimum Gasteiger partial charge on any atom is -0.496 e. The molecule has 1 heterocycles. The number of amides is 1. The van der Waals surface area contributed by atoms with Gasteiger partial charge in [0.15, 0.2) is 15.8 Å². The fourth-order valence-electron chi connectivity index (χ4n) is 2.59. The molecule has 5 nitrogen and oxygen atoms in total. The molecule has 0 aromatic heterocycles. The van der Waals surface area contributed by atoms with E-state index >= 15 is 0 Å². The van der Waals surface area contributed by atoms with Crippen LogP contribution in [0.5, 0.6) is 17.2 Å². The summed E-state index contributed by atoms with van der Waals surface area (Å²) in [6.07, 6.45) is 1.68. The Labute approximate surface area is 165 Å². The Morgan fingerprint density at radius 2 is 1.59 bits per heavy atom. The van der Waals surface area contributed by atoms with E-state index in [0.29, 0.717) is 37.7 Å². The molecule has 0 atom stereocenters. The summed E-state index contributed by atoms with van der Waals surface area (Å²) < 4.78 is 29.5. The number of hydrogen-bond donors (Lipinski definition) is 0. The topological polar surface area (TPSA) is 48.0 Å². The average Bonchev–Trinajstić information content (AvgIpc) is 2.95. The molecular weight excluding hydrogens is 389 g/mol. The smallest absolute Gasteiger partial charge is 0.270 e.